The third-order valence-corrected chi connectivity index (χ3v) is 4.65. The quantitative estimate of drug-likeness (QED) is 0.761. The maximum atomic E-state index is 12.6. The van der Waals surface area contributed by atoms with Crippen molar-refractivity contribution >= 4 is 11.8 Å². The number of amides is 2. The lowest BCUT2D eigenvalue weighted by Crippen LogP contribution is -2.39. The Hall–Kier alpha value is -3.10. The van der Waals surface area contributed by atoms with Crippen LogP contribution in [0.4, 0.5) is 0 Å². The van der Waals surface area contributed by atoms with Gasteiger partial charge in [-0.25, -0.2) is 4.79 Å². The Morgan fingerprint density at radius 3 is 2.67 bits per heavy atom. The van der Waals surface area contributed by atoms with Crippen molar-refractivity contribution in [1.29, 1.82) is 0 Å². The van der Waals surface area contributed by atoms with Gasteiger partial charge in [-0.2, -0.15) is 0 Å². The Morgan fingerprint density at radius 2 is 2.04 bits per heavy atom. The van der Waals surface area contributed by atoms with Gasteiger partial charge in [-0.15, -0.1) is 0 Å². The van der Waals surface area contributed by atoms with Crippen molar-refractivity contribution in [3.63, 3.8) is 0 Å². The van der Waals surface area contributed by atoms with E-state index in [9.17, 15) is 19.2 Å². The van der Waals surface area contributed by atoms with Gasteiger partial charge >= 0.3 is 5.69 Å². The predicted molar refractivity (Wildman–Crippen MR) is 96.3 cm³/mol. The predicted octanol–water partition coefficient (Wildman–Crippen LogP) is -0.0412. The molecule has 27 heavy (non-hydrogen) atoms. The maximum absolute atomic E-state index is 12.6. The number of rotatable bonds is 5. The van der Waals surface area contributed by atoms with E-state index in [4.69, 9.17) is 4.42 Å². The first-order chi connectivity index (χ1) is 12.8. The Morgan fingerprint density at radius 1 is 1.26 bits per heavy atom. The highest BCUT2D eigenvalue weighted by molar-refractivity contribution is 5.77. The molecular weight excluding hydrogens is 352 g/mol. The molecule has 1 aliphatic heterocycles. The van der Waals surface area contributed by atoms with Crippen molar-refractivity contribution in [2.45, 2.75) is 38.8 Å². The molecule has 1 fully saturated rings. The van der Waals surface area contributed by atoms with Gasteiger partial charge in [0.05, 0.1) is 12.0 Å². The van der Waals surface area contributed by atoms with E-state index in [0.29, 0.717) is 13.1 Å². The summed E-state index contributed by atoms with van der Waals surface area (Å²) in [7, 11) is 0. The van der Waals surface area contributed by atoms with Crippen LogP contribution < -0.4 is 16.6 Å². The molecule has 0 aromatic carbocycles. The number of H-pyrrole nitrogens is 1. The lowest BCUT2D eigenvalue weighted by molar-refractivity contribution is -0.130. The zero-order valence-electron chi connectivity index (χ0n) is 15.2. The van der Waals surface area contributed by atoms with Gasteiger partial charge in [0.25, 0.3) is 5.56 Å². The molecule has 2 aromatic heterocycles. The Bertz CT molecular complexity index is 957. The van der Waals surface area contributed by atoms with Gasteiger partial charge in [-0.1, -0.05) is 0 Å². The van der Waals surface area contributed by atoms with E-state index in [-0.39, 0.29) is 36.7 Å². The highest BCUT2D eigenvalue weighted by Crippen LogP contribution is 2.29. The lowest BCUT2D eigenvalue weighted by atomic mass is 10.0. The van der Waals surface area contributed by atoms with E-state index < -0.39 is 11.2 Å². The van der Waals surface area contributed by atoms with Gasteiger partial charge in [0.2, 0.25) is 11.8 Å². The Kier molecular flexibility index (Phi) is 5.29. The van der Waals surface area contributed by atoms with Crippen LogP contribution in [0.2, 0.25) is 0 Å². The fourth-order valence-electron chi connectivity index (χ4n) is 3.35. The van der Waals surface area contributed by atoms with Crippen molar-refractivity contribution in [1.82, 2.24) is 19.8 Å². The molecule has 0 bridgehead atoms. The summed E-state index contributed by atoms with van der Waals surface area (Å²) in [6.45, 7) is 4.26. The third kappa shape index (κ3) is 4.36. The number of aryl methyl sites for hydroxylation is 2. The molecule has 3 rings (SSSR count). The van der Waals surface area contributed by atoms with Gasteiger partial charge in [0.15, 0.2) is 0 Å². The minimum absolute atomic E-state index is 0.114. The summed E-state index contributed by atoms with van der Waals surface area (Å²) in [5.41, 5.74) is -1.02. The van der Waals surface area contributed by atoms with Gasteiger partial charge in [-0.3, -0.25) is 19.4 Å². The van der Waals surface area contributed by atoms with Crippen molar-refractivity contribution in [2.75, 3.05) is 13.1 Å². The average molecular weight is 374 g/mol. The summed E-state index contributed by atoms with van der Waals surface area (Å²) in [4.78, 5) is 50.8. The Labute approximate surface area is 155 Å². The zero-order valence-corrected chi connectivity index (χ0v) is 15.2. The number of nitrogens with zero attached hydrogens (tertiary/aromatic N) is 2. The molecule has 144 valence electrons. The molecule has 0 aliphatic carbocycles. The number of carbonyl (C=O) groups is 2. The molecule has 0 unspecified atom stereocenters. The molecular formula is C18H22N4O5. The topological polar surface area (TPSA) is 117 Å². The summed E-state index contributed by atoms with van der Waals surface area (Å²) >= 11 is 0. The standard InChI is InChI=1S/C18H22N4O5/c1-11-3-4-15(27-11)13-9-22(10-14(13)19-12(2)23)17(25)6-8-21-7-5-16(24)20-18(21)26/h3-5,7,13-14H,6,8-10H2,1-2H3,(H,19,23)(H,20,24,26)/t13-,14-/m1/s1. The van der Waals surface area contributed by atoms with Crippen LogP contribution in [0, 0.1) is 6.92 Å². The van der Waals surface area contributed by atoms with Crippen LogP contribution in [0.5, 0.6) is 0 Å². The summed E-state index contributed by atoms with van der Waals surface area (Å²) in [5, 5.41) is 2.89. The maximum Gasteiger partial charge on any atom is 0.328 e. The Balaban J connectivity index is 1.68. The van der Waals surface area contributed by atoms with Crippen LogP contribution in [-0.4, -0.2) is 45.4 Å². The molecule has 1 saturated heterocycles. The molecule has 0 radical (unpaired) electrons. The molecule has 0 spiro atoms. The number of hydrogen-bond donors (Lipinski definition) is 2. The van der Waals surface area contributed by atoms with Crippen LogP contribution in [0.3, 0.4) is 0 Å². The summed E-state index contributed by atoms with van der Waals surface area (Å²) in [6.07, 6.45) is 1.48. The second kappa shape index (κ2) is 7.65. The number of aromatic amines is 1. The second-order valence-electron chi connectivity index (χ2n) is 6.71. The molecule has 9 nitrogen and oxygen atoms in total. The molecule has 2 N–H and O–H groups in total. The molecule has 9 heteroatoms. The van der Waals surface area contributed by atoms with Gasteiger partial charge in [0, 0.05) is 45.2 Å². The van der Waals surface area contributed by atoms with Crippen molar-refractivity contribution in [3.05, 3.63) is 56.8 Å². The van der Waals surface area contributed by atoms with Crippen LogP contribution in [0.1, 0.15) is 30.8 Å². The van der Waals surface area contributed by atoms with Crippen LogP contribution in [0.25, 0.3) is 0 Å². The smallest absolute Gasteiger partial charge is 0.328 e. The molecule has 2 amide bonds. The fourth-order valence-corrected chi connectivity index (χ4v) is 3.35. The van der Waals surface area contributed by atoms with E-state index in [1.165, 1.54) is 23.8 Å². The highest BCUT2D eigenvalue weighted by atomic mass is 16.3. The number of nitrogens with one attached hydrogen (secondary N) is 2. The monoisotopic (exact) mass is 374 g/mol. The normalized spacial score (nSPS) is 19.3. The van der Waals surface area contributed by atoms with Crippen LogP contribution >= 0.6 is 0 Å². The highest BCUT2D eigenvalue weighted by Gasteiger charge is 2.38. The first-order valence-electron chi connectivity index (χ1n) is 8.74. The third-order valence-electron chi connectivity index (χ3n) is 4.65. The molecule has 3 heterocycles. The van der Waals surface area contributed by atoms with Crippen LogP contribution in [-0.2, 0) is 16.1 Å². The van der Waals surface area contributed by atoms with E-state index in [1.807, 2.05) is 19.1 Å². The van der Waals surface area contributed by atoms with Crippen molar-refractivity contribution in [2.24, 2.45) is 0 Å². The average Bonchev–Trinajstić information content (AvgIpc) is 3.19. The van der Waals surface area contributed by atoms with Crippen LogP contribution in [0.15, 0.2) is 38.4 Å². The molecule has 2 atom stereocenters. The van der Waals surface area contributed by atoms with Gasteiger partial charge < -0.3 is 19.2 Å². The molecule has 0 saturated carbocycles. The number of furan rings is 1. The SMILES string of the molecule is CC(=O)N[C@@H]1CN(C(=O)CCn2ccc(=O)[nH]c2=O)C[C@H]1c1ccc(C)o1. The van der Waals surface area contributed by atoms with Crippen molar-refractivity contribution < 1.29 is 14.0 Å². The number of aromatic nitrogens is 2. The summed E-state index contributed by atoms with van der Waals surface area (Å²) in [5.74, 6) is 1.09. The largest absolute Gasteiger partial charge is 0.466 e. The zero-order chi connectivity index (χ0) is 19.6. The minimum Gasteiger partial charge on any atom is -0.466 e. The molecule has 1 aliphatic rings. The lowest BCUT2D eigenvalue weighted by Gasteiger charge is -2.17. The first kappa shape index (κ1) is 18.7. The minimum atomic E-state index is -0.545. The van der Waals surface area contributed by atoms with Gasteiger partial charge in [0.1, 0.15) is 11.5 Å². The number of hydrogen-bond acceptors (Lipinski definition) is 5. The number of likely N-dealkylation sites (tertiary alicyclic amines) is 1. The van der Waals surface area contributed by atoms with Crippen molar-refractivity contribution in [3.8, 4) is 0 Å². The second-order valence-corrected chi connectivity index (χ2v) is 6.71. The van der Waals surface area contributed by atoms with E-state index in [0.717, 1.165) is 11.5 Å². The van der Waals surface area contributed by atoms with E-state index in [1.54, 1.807) is 4.90 Å². The number of carbonyl (C=O) groups excluding carboxylic acids is 2. The first-order valence-corrected chi connectivity index (χ1v) is 8.74. The summed E-state index contributed by atoms with van der Waals surface area (Å²) < 4.78 is 6.98. The fraction of sp³-hybridized carbons (Fsp3) is 0.444. The summed E-state index contributed by atoms with van der Waals surface area (Å²) in [6, 6.07) is 4.73. The van der Waals surface area contributed by atoms with Gasteiger partial charge in [-0.05, 0) is 19.1 Å². The van der Waals surface area contributed by atoms with E-state index in [2.05, 4.69) is 10.3 Å². The van der Waals surface area contributed by atoms with E-state index >= 15 is 0 Å². The molecule has 2 aromatic rings.